The quantitative estimate of drug-likeness (QED) is 0.472. The van der Waals surface area contributed by atoms with E-state index in [2.05, 4.69) is 15.3 Å². The molecule has 3 aromatic heterocycles. The van der Waals surface area contributed by atoms with E-state index in [0.29, 0.717) is 5.13 Å². The highest BCUT2D eigenvalue weighted by Gasteiger charge is 2.16. The summed E-state index contributed by atoms with van der Waals surface area (Å²) in [6.07, 6.45) is 3.73. The lowest BCUT2D eigenvalue weighted by Gasteiger charge is -2.12. The number of hydrogen-bond acceptors (Lipinski definition) is 7. The van der Waals surface area contributed by atoms with Crippen LogP contribution in [0.25, 0.3) is 0 Å². The molecule has 0 aliphatic heterocycles. The van der Waals surface area contributed by atoms with Crippen molar-refractivity contribution in [2.45, 2.75) is 13.8 Å². The van der Waals surface area contributed by atoms with Crippen molar-refractivity contribution >= 4 is 28.2 Å². The van der Waals surface area contributed by atoms with E-state index in [1.165, 1.54) is 41.3 Å². The van der Waals surface area contributed by atoms with Gasteiger partial charge in [-0.25, -0.2) is 9.37 Å². The third-order valence-electron chi connectivity index (χ3n) is 3.40. The van der Waals surface area contributed by atoms with E-state index in [1.54, 1.807) is 12.3 Å². The topological polar surface area (TPSA) is 117 Å². The van der Waals surface area contributed by atoms with Crippen molar-refractivity contribution in [2.75, 3.05) is 5.32 Å². The molecule has 0 spiro atoms. The molecule has 10 heteroatoms. The molecule has 0 aliphatic rings. The van der Waals surface area contributed by atoms with Crippen molar-refractivity contribution in [3.63, 3.8) is 0 Å². The van der Waals surface area contributed by atoms with Gasteiger partial charge in [-0.05, 0) is 19.9 Å². The van der Waals surface area contributed by atoms with Crippen molar-refractivity contribution in [1.29, 1.82) is 10.8 Å². The zero-order valence-corrected chi connectivity index (χ0v) is 15.2. The predicted molar refractivity (Wildman–Crippen MR) is 98.2 cm³/mol. The smallest absolute Gasteiger partial charge is 0.261 e. The van der Waals surface area contributed by atoms with Crippen LogP contribution < -0.4 is 15.5 Å². The summed E-state index contributed by atoms with van der Waals surface area (Å²) >= 11 is 1.26. The molecule has 3 rings (SSSR count). The van der Waals surface area contributed by atoms with E-state index in [-0.39, 0.29) is 28.4 Å². The normalized spacial score (nSPS) is 10.5. The van der Waals surface area contributed by atoms with Gasteiger partial charge in [0.05, 0.1) is 29.8 Å². The number of rotatable bonds is 4. The monoisotopic (exact) mass is 386 g/mol. The van der Waals surface area contributed by atoms with E-state index >= 15 is 0 Å². The molecule has 0 saturated carbocycles. The van der Waals surface area contributed by atoms with Gasteiger partial charge in [-0.1, -0.05) is 0 Å². The van der Waals surface area contributed by atoms with E-state index in [0.717, 1.165) is 18.0 Å². The maximum absolute atomic E-state index is 13.3. The molecule has 0 fully saturated rings. The molecule has 3 N–H and O–H groups in total. The van der Waals surface area contributed by atoms with Gasteiger partial charge in [-0.3, -0.25) is 30.5 Å². The fourth-order valence-electron chi connectivity index (χ4n) is 2.22. The second-order valence-electron chi connectivity index (χ2n) is 5.58. The summed E-state index contributed by atoms with van der Waals surface area (Å²) in [5, 5.41) is 20.8. The second-order valence-corrected chi connectivity index (χ2v) is 6.44. The van der Waals surface area contributed by atoms with E-state index < -0.39 is 11.7 Å². The molecule has 0 radical (unpaired) electrons. The lowest BCUT2D eigenvalue weighted by atomic mass is 10.2. The van der Waals surface area contributed by atoms with Crippen LogP contribution in [0.4, 0.5) is 9.52 Å². The average molecular weight is 386 g/mol. The van der Waals surface area contributed by atoms with Gasteiger partial charge in [0, 0.05) is 11.4 Å². The SMILES string of the molecule is CC(=N)n1cc(Oc2cncc(F)c2)cc(C(=O)Nc2nc(C)cs2)c1=N. The van der Waals surface area contributed by atoms with Crippen LogP contribution >= 0.6 is 11.3 Å². The number of nitrogens with one attached hydrogen (secondary N) is 3. The molecule has 8 nitrogen and oxygen atoms in total. The molecule has 27 heavy (non-hydrogen) atoms. The number of carbonyl (C=O) groups is 1. The number of thiazole rings is 1. The third kappa shape index (κ3) is 4.23. The minimum Gasteiger partial charge on any atom is -0.454 e. The van der Waals surface area contributed by atoms with Crippen LogP contribution in [0.1, 0.15) is 23.0 Å². The highest BCUT2D eigenvalue weighted by Crippen LogP contribution is 2.22. The number of aromatic nitrogens is 3. The van der Waals surface area contributed by atoms with Crippen molar-refractivity contribution in [2.24, 2.45) is 0 Å². The molecule has 0 atom stereocenters. The molecule has 0 saturated heterocycles. The van der Waals surface area contributed by atoms with Crippen molar-refractivity contribution in [3.05, 3.63) is 58.7 Å². The lowest BCUT2D eigenvalue weighted by molar-refractivity contribution is 0.102. The van der Waals surface area contributed by atoms with Gasteiger partial charge >= 0.3 is 0 Å². The third-order valence-corrected chi connectivity index (χ3v) is 4.28. The standard InChI is InChI=1S/C17H15FN6O2S/c1-9-8-27-17(22-9)23-16(25)14-4-13(7-24(10(2)19)15(14)20)26-12-3-11(18)5-21-6-12/h3-8,19-20H,1-2H3,(H,22,23,25). The molecule has 3 aromatic rings. The van der Waals surface area contributed by atoms with Gasteiger partial charge in [0.2, 0.25) is 0 Å². The summed E-state index contributed by atoms with van der Waals surface area (Å²) in [5.74, 6) is -0.832. The fraction of sp³-hybridized carbons (Fsp3) is 0.118. The summed E-state index contributed by atoms with van der Waals surface area (Å²) < 4.78 is 20.0. The Morgan fingerprint density at radius 3 is 2.74 bits per heavy atom. The maximum Gasteiger partial charge on any atom is 0.261 e. The van der Waals surface area contributed by atoms with Crippen LogP contribution in [-0.2, 0) is 0 Å². The Morgan fingerprint density at radius 2 is 2.11 bits per heavy atom. The van der Waals surface area contributed by atoms with Crippen molar-refractivity contribution in [3.8, 4) is 11.5 Å². The number of halogens is 1. The summed E-state index contributed by atoms with van der Waals surface area (Å²) in [7, 11) is 0. The molecule has 1 amide bonds. The van der Waals surface area contributed by atoms with E-state index in [9.17, 15) is 9.18 Å². The van der Waals surface area contributed by atoms with Crippen molar-refractivity contribution < 1.29 is 13.9 Å². The van der Waals surface area contributed by atoms with Gasteiger partial charge in [0.25, 0.3) is 5.91 Å². The summed E-state index contributed by atoms with van der Waals surface area (Å²) in [4.78, 5) is 20.5. The average Bonchev–Trinajstić information content (AvgIpc) is 3.00. The van der Waals surface area contributed by atoms with Crippen molar-refractivity contribution in [1.82, 2.24) is 14.5 Å². The first-order valence-electron chi connectivity index (χ1n) is 7.72. The Hall–Kier alpha value is -3.40. The highest BCUT2D eigenvalue weighted by molar-refractivity contribution is 7.13. The number of nitrogens with zero attached hydrogens (tertiary/aromatic N) is 3. The Kier molecular flexibility index (Phi) is 5.08. The second kappa shape index (κ2) is 7.46. The number of ether oxygens (including phenoxy) is 1. The predicted octanol–water partition coefficient (Wildman–Crippen LogP) is 3.16. The fourth-order valence-corrected chi connectivity index (χ4v) is 2.91. The molecule has 138 valence electrons. The Balaban J connectivity index is 1.99. The molecule has 0 aliphatic carbocycles. The number of aryl methyl sites for hydroxylation is 1. The van der Waals surface area contributed by atoms with Gasteiger partial charge in [-0.15, -0.1) is 11.3 Å². The van der Waals surface area contributed by atoms with Crippen LogP contribution in [0, 0.1) is 23.6 Å². The first kappa shape index (κ1) is 18.4. The number of anilines is 1. The Labute approximate surface area is 157 Å². The molecule has 0 bridgehead atoms. The maximum atomic E-state index is 13.3. The van der Waals surface area contributed by atoms with Crippen LogP contribution in [-0.4, -0.2) is 26.3 Å². The molecular formula is C17H15FN6O2S. The summed E-state index contributed by atoms with van der Waals surface area (Å²) in [6, 6.07) is 2.49. The zero-order valence-electron chi connectivity index (χ0n) is 14.4. The van der Waals surface area contributed by atoms with Gasteiger partial charge < -0.3 is 4.74 Å². The first-order chi connectivity index (χ1) is 12.8. The largest absolute Gasteiger partial charge is 0.454 e. The van der Waals surface area contributed by atoms with Crippen LogP contribution in [0.15, 0.2) is 36.1 Å². The van der Waals surface area contributed by atoms with E-state index in [1.807, 2.05) is 0 Å². The Morgan fingerprint density at radius 1 is 1.33 bits per heavy atom. The number of carbonyl (C=O) groups excluding carboxylic acids is 1. The number of pyridine rings is 2. The minimum absolute atomic E-state index is 0.0157. The summed E-state index contributed by atoms with van der Waals surface area (Å²) in [5.41, 5.74) is 0.566. The molecule has 0 aromatic carbocycles. The van der Waals surface area contributed by atoms with Gasteiger partial charge in [-0.2, -0.15) is 0 Å². The zero-order chi connectivity index (χ0) is 19.6. The summed E-state index contributed by atoms with van der Waals surface area (Å²) in [6.45, 7) is 3.27. The number of amides is 1. The molecule has 0 unspecified atom stereocenters. The molecular weight excluding hydrogens is 371 g/mol. The van der Waals surface area contributed by atoms with E-state index in [4.69, 9.17) is 15.6 Å². The minimum atomic E-state index is -0.571. The van der Waals surface area contributed by atoms with Gasteiger partial charge in [0.1, 0.15) is 28.6 Å². The Bertz CT molecular complexity index is 1090. The first-order valence-corrected chi connectivity index (χ1v) is 8.60. The lowest BCUT2D eigenvalue weighted by Crippen LogP contribution is -2.31. The number of hydrogen-bond donors (Lipinski definition) is 3. The highest BCUT2D eigenvalue weighted by atomic mass is 32.1. The van der Waals surface area contributed by atoms with Crippen LogP contribution in [0.2, 0.25) is 0 Å². The van der Waals surface area contributed by atoms with Crippen LogP contribution in [0.3, 0.4) is 0 Å². The molecule has 3 heterocycles. The van der Waals surface area contributed by atoms with Crippen LogP contribution in [0.5, 0.6) is 11.5 Å². The van der Waals surface area contributed by atoms with Gasteiger partial charge in [0.15, 0.2) is 5.13 Å².